The summed E-state index contributed by atoms with van der Waals surface area (Å²) in [5.41, 5.74) is 0.590. The Morgan fingerprint density at radius 3 is 2.81 bits per heavy atom. The van der Waals surface area contributed by atoms with Gasteiger partial charge < -0.3 is 10.6 Å². The monoisotopic (exact) mass is 242 g/mol. The molecule has 3 N–H and O–H groups in total. The summed E-state index contributed by atoms with van der Waals surface area (Å²) in [6.45, 7) is 6.53. The van der Waals surface area contributed by atoms with E-state index in [0.29, 0.717) is 17.4 Å². The van der Waals surface area contributed by atoms with Crippen LogP contribution in [0, 0.1) is 0 Å². The van der Waals surface area contributed by atoms with Crippen LogP contribution in [0.3, 0.4) is 0 Å². The van der Waals surface area contributed by atoms with Gasteiger partial charge in [-0.2, -0.15) is 0 Å². The van der Waals surface area contributed by atoms with Crippen molar-refractivity contribution in [2.24, 2.45) is 0 Å². The molecule has 0 saturated carbocycles. The fourth-order valence-corrected chi connectivity index (χ4v) is 1.25. The predicted molar refractivity (Wildman–Crippen MR) is 64.4 cm³/mol. The first kappa shape index (κ1) is 12.9. The van der Waals surface area contributed by atoms with Crippen molar-refractivity contribution in [1.82, 2.24) is 4.98 Å². The Balaban J connectivity index is 2.50. The van der Waals surface area contributed by atoms with Gasteiger partial charge in [-0.15, -0.1) is 0 Å². The smallest absolute Gasteiger partial charge is 0.279 e. The first-order valence-electron chi connectivity index (χ1n) is 5.13. The van der Waals surface area contributed by atoms with Crippen molar-refractivity contribution in [3.8, 4) is 0 Å². The van der Waals surface area contributed by atoms with Crippen molar-refractivity contribution < 1.29 is 10.1 Å². The number of amides is 1. The summed E-state index contributed by atoms with van der Waals surface area (Å²) >= 11 is 5.82. The number of anilines is 1. The number of hydrogen-bond donors (Lipinski definition) is 2. The molecule has 0 aromatic carbocycles. The standard InChI is InChI=1S/C11H16ClN3O/c1-11(2,3)14-7-9(16)15-8-5-4-6-13-10(8)12/h4-6,14H,7H2,1-3H3,(H,15,16)/p+1. The fraction of sp³-hybridized carbons (Fsp3) is 0.455. The zero-order valence-electron chi connectivity index (χ0n) is 9.75. The molecule has 0 aliphatic carbocycles. The highest BCUT2D eigenvalue weighted by Crippen LogP contribution is 2.16. The van der Waals surface area contributed by atoms with Crippen LogP contribution < -0.4 is 10.6 Å². The third-order valence-corrected chi connectivity index (χ3v) is 2.23. The minimum absolute atomic E-state index is 0.0378. The van der Waals surface area contributed by atoms with Gasteiger partial charge in [0.2, 0.25) is 0 Å². The van der Waals surface area contributed by atoms with Crippen molar-refractivity contribution in [3.63, 3.8) is 0 Å². The number of nitrogens with zero attached hydrogens (tertiary/aromatic N) is 1. The average molecular weight is 243 g/mol. The van der Waals surface area contributed by atoms with E-state index in [4.69, 9.17) is 11.6 Å². The average Bonchev–Trinajstić information content (AvgIpc) is 2.18. The molecule has 1 aromatic heterocycles. The molecule has 0 saturated heterocycles. The van der Waals surface area contributed by atoms with E-state index >= 15 is 0 Å². The summed E-state index contributed by atoms with van der Waals surface area (Å²) in [5.74, 6) is -0.0789. The summed E-state index contributed by atoms with van der Waals surface area (Å²) < 4.78 is 0. The Bertz CT molecular complexity index is 374. The maximum Gasteiger partial charge on any atom is 0.279 e. The summed E-state index contributed by atoms with van der Waals surface area (Å²) in [4.78, 5) is 15.5. The van der Waals surface area contributed by atoms with Gasteiger partial charge in [-0.05, 0) is 32.9 Å². The van der Waals surface area contributed by atoms with E-state index in [0.717, 1.165) is 0 Å². The van der Waals surface area contributed by atoms with Gasteiger partial charge in [-0.3, -0.25) is 4.79 Å². The van der Waals surface area contributed by atoms with Crippen molar-refractivity contribution in [3.05, 3.63) is 23.5 Å². The van der Waals surface area contributed by atoms with E-state index in [1.165, 1.54) is 0 Å². The van der Waals surface area contributed by atoms with E-state index in [1.54, 1.807) is 18.3 Å². The number of carbonyl (C=O) groups is 1. The third-order valence-electron chi connectivity index (χ3n) is 1.93. The number of carbonyl (C=O) groups excluding carboxylic acids is 1. The summed E-state index contributed by atoms with van der Waals surface area (Å²) in [7, 11) is 0. The zero-order chi connectivity index (χ0) is 12.2. The van der Waals surface area contributed by atoms with Crippen LogP contribution in [0.15, 0.2) is 18.3 Å². The Kier molecular flexibility index (Phi) is 4.26. The van der Waals surface area contributed by atoms with Crippen LogP contribution in [-0.4, -0.2) is 23.0 Å². The molecule has 0 bridgehead atoms. The predicted octanol–water partition coefficient (Wildman–Crippen LogP) is 1.04. The molecule has 0 aliphatic rings. The lowest BCUT2D eigenvalue weighted by Gasteiger charge is -2.16. The highest BCUT2D eigenvalue weighted by atomic mass is 35.5. The number of quaternary nitrogens is 1. The molecule has 0 unspecified atom stereocenters. The Hall–Kier alpha value is -1.13. The normalized spacial score (nSPS) is 11.2. The maximum atomic E-state index is 11.6. The SMILES string of the molecule is CC(C)(C)[NH2+]CC(=O)Nc1cccnc1Cl. The topological polar surface area (TPSA) is 58.6 Å². The van der Waals surface area contributed by atoms with E-state index < -0.39 is 0 Å². The molecular formula is C11H17ClN3O+. The molecule has 0 fully saturated rings. The molecule has 1 amide bonds. The maximum absolute atomic E-state index is 11.6. The van der Waals surface area contributed by atoms with Crippen molar-refractivity contribution >= 4 is 23.2 Å². The molecular weight excluding hydrogens is 226 g/mol. The lowest BCUT2D eigenvalue weighted by atomic mass is 10.1. The minimum Gasteiger partial charge on any atom is -0.334 e. The summed E-state index contributed by atoms with van der Waals surface area (Å²) in [5, 5.41) is 4.99. The molecule has 1 heterocycles. The van der Waals surface area contributed by atoms with Crippen LogP contribution in [-0.2, 0) is 4.79 Å². The second-order valence-corrected chi connectivity index (χ2v) is 5.02. The van der Waals surface area contributed by atoms with E-state index in [2.05, 4.69) is 31.1 Å². The first-order valence-corrected chi connectivity index (χ1v) is 5.51. The number of halogens is 1. The minimum atomic E-state index is -0.0789. The van der Waals surface area contributed by atoms with Gasteiger partial charge in [0.1, 0.15) is 0 Å². The summed E-state index contributed by atoms with van der Waals surface area (Å²) in [6.07, 6.45) is 1.58. The zero-order valence-corrected chi connectivity index (χ0v) is 10.5. The number of aromatic nitrogens is 1. The van der Waals surface area contributed by atoms with Crippen LogP contribution >= 0.6 is 11.6 Å². The van der Waals surface area contributed by atoms with Crippen LogP contribution in [0.4, 0.5) is 5.69 Å². The largest absolute Gasteiger partial charge is 0.334 e. The van der Waals surface area contributed by atoms with Gasteiger partial charge >= 0.3 is 0 Å². The molecule has 1 rings (SSSR count). The van der Waals surface area contributed by atoms with Crippen LogP contribution in [0.2, 0.25) is 5.15 Å². The first-order chi connectivity index (χ1) is 7.38. The second kappa shape index (κ2) is 5.27. The number of pyridine rings is 1. The molecule has 1 aromatic rings. The molecule has 16 heavy (non-hydrogen) atoms. The van der Waals surface area contributed by atoms with E-state index in [9.17, 15) is 4.79 Å². The third kappa shape index (κ3) is 4.59. The number of nitrogens with one attached hydrogen (secondary N) is 1. The van der Waals surface area contributed by atoms with Crippen molar-refractivity contribution in [2.45, 2.75) is 26.3 Å². The van der Waals surface area contributed by atoms with E-state index in [-0.39, 0.29) is 11.4 Å². The second-order valence-electron chi connectivity index (χ2n) is 4.66. The van der Waals surface area contributed by atoms with Gasteiger partial charge in [0.15, 0.2) is 11.7 Å². The van der Waals surface area contributed by atoms with Crippen molar-refractivity contribution in [2.75, 3.05) is 11.9 Å². The highest BCUT2D eigenvalue weighted by molar-refractivity contribution is 6.32. The van der Waals surface area contributed by atoms with Gasteiger partial charge in [-0.1, -0.05) is 11.6 Å². The van der Waals surface area contributed by atoms with Gasteiger partial charge in [0.05, 0.1) is 11.2 Å². The molecule has 4 nitrogen and oxygen atoms in total. The van der Waals surface area contributed by atoms with Crippen LogP contribution in [0.5, 0.6) is 0 Å². The lowest BCUT2D eigenvalue weighted by molar-refractivity contribution is -0.707. The van der Waals surface area contributed by atoms with E-state index in [1.807, 2.05) is 5.32 Å². The molecule has 5 heteroatoms. The van der Waals surface area contributed by atoms with Crippen LogP contribution in [0.25, 0.3) is 0 Å². The molecule has 0 radical (unpaired) electrons. The lowest BCUT2D eigenvalue weighted by Crippen LogP contribution is -2.95. The Morgan fingerprint density at radius 2 is 2.25 bits per heavy atom. The number of rotatable bonds is 3. The quantitative estimate of drug-likeness (QED) is 0.778. The molecule has 0 aliphatic heterocycles. The van der Waals surface area contributed by atoms with Gasteiger partial charge in [-0.25, -0.2) is 4.98 Å². The molecule has 88 valence electrons. The highest BCUT2D eigenvalue weighted by Gasteiger charge is 2.16. The van der Waals surface area contributed by atoms with Gasteiger partial charge in [0, 0.05) is 6.20 Å². The van der Waals surface area contributed by atoms with Crippen molar-refractivity contribution in [1.29, 1.82) is 0 Å². The molecule has 0 spiro atoms. The summed E-state index contributed by atoms with van der Waals surface area (Å²) in [6, 6.07) is 3.46. The van der Waals surface area contributed by atoms with Crippen LogP contribution in [0.1, 0.15) is 20.8 Å². The fourth-order valence-electron chi connectivity index (χ4n) is 1.08. The Labute approximate surface area is 100 Å². The molecule has 0 atom stereocenters. The Morgan fingerprint density at radius 1 is 1.56 bits per heavy atom. The number of hydrogen-bond acceptors (Lipinski definition) is 2. The number of nitrogens with two attached hydrogens (primary N) is 1. The van der Waals surface area contributed by atoms with Gasteiger partial charge in [0.25, 0.3) is 5.91 Å².